The quantitative estimate of drug-likeness (QED) is 0.530. The summed E-state index contributed by atoms with van der Waals surface area (Å²) in [5, 5.41) is 11.8. The molecule has 0 radical (unpaired) electrons. The molecule has 0 unspecified atom stereocenters. The third-order valence-corrected chi connectivity index (χ3v) is 2.02. The minimum Gasteiger partial charge on any atom is -0.396 e. The molecule has 0 heterocycles. The fourth-order valence-corrected chi connectivity index (χ4v) is 1.17. The smallest absolute Gasteiger partial charge is 0.0474 e. The molecule has 2 atom stereocenters. The van der Waals surface area contributed by atoms with E-state index in [-0.39, 0.29) is 0 Å². The normalized spacial score (nSPS) is 36.8. The second-order valence-corrected chi connectivity index (χ2v) is 2.42. The maximum atomic E-state index is 8.65. The molecule has 0 saturated heterocycles. The van der Waals surface area contributed by atoms with E-state index in [1.807, 2.05) is 7.05 Å². The lowest BCUT2D eigenvalue weighted by atomic mass is 9.80. The van der Waals surface area contributed by atoms with E-state index in [2.05, 4.69) is 5.32 Å². The number of hydrogen-bond acceptors (Lipinski definition) is 2. The highest BCUT2D eigenvalue weighted by Crippen LogP contribution is 2.25. The van der Waals surface area contributed by atoms with Crippen LogP contribution in [0.3, 0.4) is 0 Å². The third-order valence-electron chi connectivity index (χ3n) is 2.02. The maximum Gasteiger partial charge on any atom is 0.0474 e. The summed E-state index contributed by atoms with van der Waals surface area (Å²) in [5.41, 5.74) is 0. The highest BCUT2D eigenvalue weighted by Gasteiger charge is 2.27. The van der Waals surface area contributed by atoms with Gasteiger partial charge < -0.3 is 10.4 Å². The van der Waals surface area contributed by atoms with E-state index in [0.29, 0.717) is 18.6 Å². The first kappa shape index (κ1) is 6.05. The van der Waals surface area contributed by atoms with Crippen molar-refractivity contribution in [3.05, 3.63) is 0 Å². The van der Waals surface area contributed by atoms with Crippen LogP contribution in [0.1, 0.15) is 12.8 Å². The number of hydrogen-bond donors (Lipinski definition) is 2. The molecule has 1 rings (SSSR count). The van der Waals surface area contributed by atoms with Gasteiger partial charge in [-0.3, -0.25) is 0 Å². The number of aliphatic hydroxyl groups excluding tert-OH is 1. The van der Waals surface area contributed by atoms with E-state index >= 15 is 0 Å². The predicted molar refractivity (Wildman–Crippen MR) is 32.7 cm³/mol. The lowest BCUT2D eigenvalue weighted by Crippen LogP contribution is -2.43. The predicted octanol–water partition coefficient (Wildman–Crippen LogP) is -0.0233. The van der Waals surface area contributed by atoms with Gasteiger partial charge in [0.25, 0.3) is 0 Å². The monoisotopic (exact) mass is 115 g/mol. The van der Waals surface area contributed by atoms with Crippen molar-refractivity contribution in [3.8, 4) is 0 Å². The zero-order valence-corrected chi connectivity index (χ0v) is 5.22. The number of nitrogens with one attached hydrogen (secondary N) is 1. The Labute approximate surface area is 49.9 Å². The van der Waals surface area contributed by atoms with E-state index < -0.39 is 0 Å². The molecule has 1 aliphatic rings. The summed E-state index contributed by atoms with van der Waals surface area (Å²) in [7, 11) is 1.95. The third kappa shape index (κ3) is 0.858. The van der Waals surface area contributed by atoms with Gasteiger partial charge >= 0.3 is 0 Å². The first-order valence-electron chi connectivity index (χ1n) is 3.16. The molecule has 48 valence electrons. The molecule has 0 aromatic heterocycles. The first-order valence-corrected chi connectivity index (χ1v) is 3.16. The van der Waals surface area contributed by atoms with Gasteiger partial charge in [0.2, 0.25) is 0 Å². The Morgan fingerprint density at radius 2 is 2.38 bits per heavy atom. The molecular weight excluding hydrogens is 102 g/mol. The molecule has 0 aliphatic heterocycles. The SMILES string of the molecule is CN[C@@H]1CC[C@H]1CO. The van der Waals surface area contributed by atoms with E-state index in [1.165, 1.54) is 12.8 Å². The van der Waals surface area contributed by atoms with Crippen molar-refractivity contribution < 1.29 is 5.11 Å². The van der Waals surface area contributed by atoms with Gasteiger partial charge in [0.1, 0.15) is 0 Å². The van der Waals surface area contributed by atoms with Gasteiger partial charge in [-0.25, -0.2) is 0 Å². The molecule has 2 heteroatoms. The van der Waals surface area contributed by atoms with E-state index in [9.17, 15) is 0 Å². The average molecular weight is 115 g/mol. The van der Waals surface area contributed by atoms with Gasteiger partial charge in [-0.1, -0.05) is 0 Å². The fraction of sp³-hybridized carbons (Fsp3) is 1.00. The van der Waals surface area contributed by atoms with Crippen LogP contribution in [-0.2, 0) is 0 Å². The molecule has 0 spiro atoms. The topological polar surface area (TPSA) is 32.3 Å². The number of rotatable bonds is 2. The lowest BCUT2D eigenvalue weighted by molar-refractivity contribution is 0.121. The van der Waals surface area contributed by atoms with Gasteiger partial charge in [0.15, 0.2) is 0 Å². The highest BCUT2D eigenvalue weighted by molar-refractivity contribution is 4.84. The second kappa shape index (κ2) is 2.46. The molecule has 1 saturated carbocycles. The summed E-state index contributed by atoms with van der Waals surface area (Å²) in [5.74, 6) is 0.542. The van der Waals surface area contributed by atoms with E-state index in [4.69, 9.17) is 5.11 Å². The Balaban J connectivity index is 2.16. The van der Waals surface area contributed by atoms with Gasteiger partial charge in [-0.2, -0.15) is 0 Å². The largest absolute Gasteiger partial charge is 0.396 e. The van der Waals surface area contributed by atoms with Crippen molar-refractivity contribution in [1.29, 1.82) is 0 Å². The summed E-state index contributed by atoms with van der Waals surface area (Å²) in [6.07, 6.45) is 2.43. The minimum atomic E-state index is 0.353. The van der Waals surface area contributed by atoms with Crippen LogP contribution < -0.4 is 5.32 Å². The summed E-state index contributed by atoms with van der Waals surface area (Å²) >= 11 is 0. The van der Waals surface area contributed by atoms with Gasteiger partial charge in [-0.05, 0) is 25.8 Å². The van der Waals surface area contributed by atoms with Crippen molar-refractivity contribution in [2.45, 2.75) is 18.9 Å². The second-order valence-electron chi connectivity index (χ2n) is 2.42. The van der Waals surface area contributed by atoms with E-state index in [0.717, 1.165) is 0 Å². The van der Waals surface area contributed by atoms with Crippen LogP contribution in [0.25, 0.3) is 0 Å². The van der Waals surface area contributed by atoms with Crippen LogP contribution in [0.5, 0.6) is 0 Å². The van der Waals surface area contributed by atoms with Crippen molar-refractivity contribution in [2.24, 2.45) is 5.92 Å². The molecular formula is C6H13NO. The summed E-state index contributed by atoms with van der Waals surface area (Å²) in [6.45, 7) is 0.353. The van der Waals surface area contributed by atoms with Gasteiger partial charge in [0.05, 0.1) is 0 Å². The zero-order valence-electron chi connectivity index (χ0n) is 5.22. The molecule has 0 bridgehead atoms. The minimum absolute atomic E-state index is 0.353. The van der Waals surface area contributed by atoms with Crippen molar-refractivity contribution in [2.75, 3.05) is 13.7 Å². The van der Waals surface area contributed by atoms with Crippen LogP contribution >= 0.6 is 0 Å². The summed E-state index contributed by atoms with van der Waals surface area (Å²) < 4.78 is 0. The molecule has 1 aliphatic carbocycles. The van der Waals surface area contributed by atoms with Crippen molar-refractivity contribution in [1.82, 2.24) is 5.32 Å². The first-order chi connectivity index (χ1) is 3.88. The Kier molecular flexibility index (Phi) is 1.86. The molecule has 0 aromatic rings. The van der Waals surface area contributed by atoms with Crippen LogP contribution in [0.15, 0.2) is 0 Å². The van der Waals surface area contributed by atoms with Crippen LogP contribution in [-0.4, -0.2) is 24.8 Å². The Morgan fingerprint density at radius 1 is 1.62 bits per heavy atom. The Bertz CT molecular complexity index is 60.9. The van der Waals surface area contributed by atoms with Gasteiger partial charge in [0, 0.05) is 12.6 Å². The zero-order chi connectivity index (χ0) is 5.98. The van der Waals surface area contributed by atoms with Crippen LogP contribution in [0.2, 0.25) is 0 Å². The summed E-state index contributed by atoms with van der Waals surface area (Å²) in [6, 6.07) is 0.597. The maximum absolute atomic E-state index is 8.65. The Hall–Kier alpha value is -0.0800. The lowest BCUT2D eigenvalue weighted by Gasteiger charge is -2.34. The molecule has 0 amide bonds. The standard InChI is InChI=1S/C6H13NO/c1-7-6-3-2-5(6)4-8/h5-8H,2-4H2,1H3/t5-,6+/m0/s1. The highest BCUT2D eigenvalue weighted by atomic mass is 16.3. The average Bonchev–Trinajstić information content (AvgIpc) is 1.66. The van der Waals surface area contributed by atoms with Crippen LogP contribution in [0.4, 0.5) is 0 Å². The van der Waals surface area contributed by atoms with Crippen molar-refractivity contribution >= 4 is 0 Å². The number of aliphatic hydroxyl groups is 1. The molecule has 1 fully saturated rings. The Morgan fingerprint density at radius 3 is 2.50 bits per heavy atom. The van der Waals surface area contributed by atoms with Gasteiger partial charge in [-0.15, -0.1) is 0 Å². The van der Waals surface area contributed by atoms with Crippen molar-refractivity contribution in [3.63, 3.8) is 0 Å². The molecule has 2 N–H and O–H groups in total. The fourth-order valence-electron chi connectivity index (χ4n) is 1.17. The van der Waals surface area contributed by atoms with E-state index in [1.54, 1.807) is 0 Å². The molecule has 8 heavy (non-hydrogen) atoms. The molecule has 2 nitrogen and oxygen atoms in total. The van der Waals surface area contributed by atoms with Crippen LogP contribution in [0, 0.1) is 5.92 Å². The summed E-state index contributed by atoms with van der Waals surface area (Å²) in [4.78, 5) is 0. The molecule has 0 aromatic carbocycles.